The van der Waals surface area contributed by atoms with Gasteiger partial charge in [0.1, 0.15) is 16.8 Å². The molecule has 1 N–H and O–H groups in total. The Labute approximate surface area is 171 Å². The standard InChI is InChI=1S/C23H28N2O2S/c1-5-23(3,4)16-9-10-18-19(13-24)22(28-20(18)12-16)25-21(26)14-27-17-8-6-7-15(2)11-17/h6-8,11,16H,5,9-10,12,14H2,1-4H3,(H,25,26). The zero-order chi connectivity index (χ0) is 20.3. The predicted molar refractivity (Wildman–Crippen MR) is 114 cm³/mol. The SMILES string of the molecule is CCC(C)(C)C1CCc2c(sc(NC(=O)COc3cccc(C)c3)c2C#N)C1. The molecule has 2 aromatic rings. The zero-order valence-corrected chi connectivity index (χ0v) is 17.9. The largest absolute Gasteiger partial charge is 0.484 e. The summed E-state index contributed by atoms with van der Waals surface area (Å²) in [6.07, 6.45) is 4.15. The summed E-state index contributed by atoms with van der Waals surface area (Å²) in [4.78, 5) is 13.6. The molecule has 3 rings (SSSR count). The fourth-order valence-electron chi connectivity index (χ4n) is 3.76. The second kappa shape index (κ2) is 8.36. The first-order valence-corrected chi connectivity index (χ1v) is 10.7. The summed E-state index contributed by atoms with van der Waals surface area (Å²) in [5, 5.41) is 13.2. The topological polar surface area (TPSA) is 62.1 Å². The van der Waals surface area contributed by atoms with Gasteiger partial charge in [0.15, 0.2) is 6.61 Å². The number of nitriles is 1. The molecule has 1 amide bonds. The van der Waals surface area contributed by atoms with E-state index in [1.54, 1.807) is 11.3 Å². The third-order valence-corrected chi connectivity index (χ3v) is 7.18. The maximum absolute atomic E-state index is 12.4. The van der Waals surface area contributed by atoms with Crippen LogP contribution in [0.5, 0.6) is 5.75 Å². The van der Waals surface area contributed by atoms with E-state index in [0.29, 0.717) is 27.6 Å². The van der Waals surface area contributed by atoms with Gasteiger partial charge < -0.3 is 10.1 Å². The minimum absolute atomic E-state index is 0.0671. The number of anilines is 1. The lowest BCUT2D eigenvalue weighted by atomic mass is 9.69. The van der Waals surface area contributed by atoms with Crippen molar-refractivity contribution in [2.75, 3.05) is 11.9 Å². The number of hydrogen-bond acceptors (Lipinski definition) is 4. The van der Waals surface area contributed by atoms with E-state index in [4.69, 9.17) is 4.74 Å². The molecule has 1 aliphatic rings. The Kier molecular flexibility index (Phi) is 6.10. The first-order chi connectivity index (χ1) is 13.3. The molecule has 5 heteroatoms. The molecule has 0 saturated heterocycles. The number of carbonyl (C=O) groups is 1. The van der Waals surface area contributed by atoms with Crippen molar-refractivity contribution in [2.45, 2.75) is 53.4 Å². The fourth-order valence-corrected chi connectivity index (χ4v) is 5.06. The number of fused-ring (bicyclic) bond motifs is 1. The predicted octanol–water partition coefficient (Wildman–Crippen LogP) is 5.49. The van der Waals surface area contributed by atoms with E-state index in [-0.39, 0.29) is 12.5 Å². The van der Waals surface area contributed by atoms with E-state index in [1.807, 2.05) is 31.2 Å². The molecule has 0 bridgehead atoms. The van der Waals surface area contributed by atoms with E-state index >= 15 is 0 Å². The molecule has 4 nitrogen and oxygen atoms in total. The highest BCUT2D eigenvalue weighted by Crippen LogP contribution is 2.45. The number of rotatable bonds is 6. The van der Waals surface area contributed by atoms with Crippen LogP contribution in [0.15, 0.2) is 24.3 Å². The summed E-state index contributed by atoms with van der Waals surface area (Å²) in [5.74, 6) is 1.05. The van der Waals surface area contributed by atoms with Gasteiger partial charge in [0.25, 0.3) is 5.91 Å². The van der Waals surface area contributed by atoms with Gasteiger partial charge in [-0.2, -0.15) is 5.26 Å². The number of amides is 1. The van der Waals surface area contributed by atoms with Crippen molar-refractivity contribution in [3.05, 3.63) is 45.8 Å². The highest BCUT2D eigenvalue weighted by atomic mass is 32.1. The summed E-state index contributed by atoms with van der Waals surface area (Å²) in [6, 6.07) is 9.93. The first kappa shape index (κ1) is 20.4. The number of ether oxygens (including phenoxy) is 1. The lowest BCUT2D eigenvalue weighted by Gasteiger charge is -2.36. The van der Waals surface area contributed by atoms with Crippen molar-refractivity contribution in [3.8, 4) is 11.8 Å². The molecule has 0 aliphatic heterocycles. The molecule has 1 aromatic heterocycles. The van der Waals surface area contributed by atoms with Crippen LogP contribution >= 0.6 is 11.3 Å². The van der Waals surface area contributed by atoms with Crippen LogP contribution in [0.1, 0.15) is 55.2 Å². The van der Waals surface area contributed by atoms with Gasteiger partial charge in [0.2, 0.25) is 0 Å². The van der Waals surface area contributed by atoms with Gasteiger partial charge in [-0.3, -0.25) is 4.79 Å². The van der Waals surface area contributed by atoms with E-state index in [9.17, 15) is 10.1 Å². The second-order valence-corrected chi connectivity index (χ2v) is 9.36. The Morgan fingerprint density at radius 2 is 2.21 bits per heavy atom. The van der Waals surface area contributed by atoms with Crippen molar-refractivity contribution in [1.82, 2.24) is 0 Å². The van der Waals surface area contributed by atoms with Gasteiger partial charge in [-0.25, -0.2) is 0 Å². The number of nitrogens with one attached hydrogen (secondary N) is 1. The zero-order valence-electron chi connectivity index (χ0n) is 17.1. The van der Waals surface area contributed by atoms with Gasteiger partial charge in [0, 0.05) is 4.88 Å². The van der Waals surface area contributed by atoms with Crippen LogP contribution in [-0.4, -0.2) is 12.5 Å². The van der Waals surface area contributed by atoms with Gasteiger partial charge in [-0.05, 0) is 60.8 Å². The Balaban J connectivity index is 1.70. The number of aryl methyl sites for hydroxylation is 1. The molecule has 1 aliphatic carbocycles. The molecule has 0 radical (unpaired) electrons. The van der Waals surface area contributed by atoms with E-state index in [0.717, 1.165) is 36.8 Å². The van der Waals surface area contributed by atoms with Crippen molar-refractivity contribution in [3.63, 3.8) is 0 Å². The van der Waals surface area contributed by atoms with Crippen LogP contribution in [0.2, 0.25) is 0 Å². The number of benzene rings is 1. The quantitative estimate of drug-likeness (QED) is 0.702. The third kappa shape index (κ3) is 4.39. The highest BCUT2D eigenvalue weighted by Gasteiger charge is 2.34. The highest BCUT2D eigenvalue weighted by molar-refractivity contribution is 7.16. The number of hydrogen-bond donors (Lipinski definition) is 1. The Hall–Kier alpha value is -2.32. The average molecular weight is 397 g/mol. The Morgan fingerprint density at radius 3 is 2.89 bits per heavy atom. The Morgan fingerprint density at radius 1 is 1.43 bits per heavy atom. The number of nitrogens with zero attached hydrogens (tertiary/aromatic N) is 1. The number of carbonyl (C=O) groups excluding carboxylic acids is 1. The lowest BCUT2D eigenvalue weighted by molar-refractivity contribution is -0.118. The second-order valence-electron chi connectivity index (χ2n) is 8.25. The summed E-state index contributed by atoms with van der Waals surface area (Å²) in [6.45, 7) is 8.81. The number of thiophene rings is 1. The van der Waals surface area contributed by atoms with Crippen molar-refractivity contribution < 1.29 is 9.53 Å². The fraction of sp³-hybridized carbons (Fsp3) is 0.478. The molecular weight excluding hydrogens is 368 g/mol. The molecule has 0 spiro atoms. The molecular formula is C23H28N2O2S. The van der Waals surface area contributed by atoms with E-state index in [1.165, 1.54) is 4.88 Å². The van der Waals surface area contributed by atoms with Crippen LogP contribution in [0, 0.1) is 29.6 Å². The molecule has 1 atom stereocenters. The molecule has 1 unspecified atom stereocenters. The van der Waals surface area contributed by atoms with Crippen LogP contribution in [-0.2, 0) is 17.6 Å². The smallest absolute Gasteiger partial charge is 0.262 e. The summed E-state index contributed by atoms with van der Waals surface area (Å²) >= 11 is 1.56. The van der Waals surface area contributed by atoms with E-state index < -0.39 is 0 Å². The maximum Gasteiger partial charge on any atom is 0.262 e. The normalized spacial score (nSPS) is 16.2. The molecule has 0 fully saturated rings. The monoisotopic (exact) mass is 396 g/mol. The minimum Gasteiger partial charge on any atom is -0.484 e. The Bertz CT molecular complexity index is 908. The van der Waals surface area contributed by atoms with Crippen LogP contribution in [0.3, 0.4) is 0 Å². The lowest BCUT2D eigenvalue weighted by Crippen LogP contribution is -2.28. The molecule has 0 saturated carbocycles. The summed E-state index contributed by atoms with van der Waals surface area (Å²) in [5.41, 5.74) is 3.14. The van der Waals surface area contributed by atoms with Crippen LogP contribution in [0.25, 0.3) is 0 Å². The minimum atomic E-state index is -0.234. The van der Waals surface area contributed by atoms with Crippen LogP contribution < -0.4 is 10.1 Å². The third-order valence-electron chi connectivity index (χ3n) is 6.01. The molecule has 1 aromatic carbocycles. The van der Waals surface area contributed by atoms with Gasteiger partial charge in [-0.1, -0.05) is 39.3 Å². The maximum atomic E-state index is 12.4. The van der Waals surface area contributed by atoms with E-state index in [2.05, 4.69) is 32.2 Å². The molecule has 148 valence electrons. The van der Waals surface area contributed by atoms with Gasteiger partial charge >= 0.3 is 0 Å². The van der Waals surface area contributed by atoms with Crippen LogP contribution in [0.4, 0.5) is 5.00 Å². The van der Waals surface area contributed by atoms with Crippen molar-refractivity contribution >= 4 is 22.2 Å². The van der Waals surface area contributed by atoms with Crippen molar-refractivity contribution in [1.29, 1.82) is 5.26 Å². The molecule has 1 heterocycles. The summed E-state index contributed by atoms with van der Waals surface area (Å²) in [7, 11) is 0. The average Bonchev–Trinajstić information content (AvgIpc) is 3.02. The summed E-state index contributed by atoms with van der Waals surface area (Å²) < 4.78 is 5.58. The van der Waals surface area contributed by atoms with Gasteiger partial charge in [-0.15, -0.1) is 11.3 Å². The van der Waals surface area contributed by atoms with Gasteiger partial charge in [0.05, 0.1) is 5.56 Å². The molecule has 28 heavy (non-hydrogen) atoms. The van der Waals surface area contributed by atoms with Crippen molar-refractivity contribution in [2.24, 2.45) is 11.3 Å². The first-order valence-electron chi connectivity index (χ1n) is 9.88.